The molecule has 4 aromatic heterocycles. The van der Waals surface area contributed by atoms with Crippen LogP contribution in [0.15, 0.2) is 17.6 Å². The smallest absolute Gasteiger partial charge is 0.162 e. The third-order valence-corrected chi connectivity index (χ3v) is 7.16. The maximum Gasteiger partial charge on any atom is 0.162 e. The van der Waals surface area contributed by atoms with Gasteiger partial charge in [0, 0.05) is 11.9 Å². The maximum absolute atomic E-state index is 6.35. The molecule has 0 saturated carbocycles. The third kappa shape index (κ3) is 2.94. The van der Waals surface area contributed by atoms with Crippen molar-refractivity contribution in [1.29, 1.82) is 0 Å². The van der Waals surface area contributed by atoms with Crippen molar-refractivity contribution in [3.63, 3.8) is 0 Å². The molecule has 1 aliphatic rings. The number of nitrogens with two attached hydrogens (primary N) is 1. The fraction of sp³-hybridized carbons (Fsp3) is 0.389. The van der Waals surface area contributed by atoms with Gasteiger partial charge in [-0.2, -0.15) is 5.10 Å². The third-order valence-electron chi connectivity index (χ3n) is 4.97. The highest BCUT2D eigenvalue weighted by Gasteiger charge is 2.19. The van der Waals surface area contributed by atoms with Crippen LogP contribution in [-0.2, 0) is 25.6 Å². The van der Waals surface area contributed by atoms with E-state index in [1.807, 2.05) is 7.05 Å². The fourth-order valence-electron chi connectivity index (χ4n) is 3.66. The van der Waals surface area contributed by atoms with E-state index < -0.39 is 0 Å². The lowest BCUT2D eigenvalue weighted by Crippen LogP contribution is -2.00. The van der Waals surface area contributed by atoms with Gasteiger partial charge in [0.1, 0.15) is 27.8 Å². The zero-order valence-corrected chi connectivity index (χ0v) is 16.6. The van der Waals surface area contributed by atoms with Crippen LogP contribution in [0.4, 0.5) is 5.82 Å². The van der Waals surface area contributed by atoms with Crippen molar-refractivity contribution in [2.75, 3.05) is 5.73 Å². The molecule has 0 amide bonds. The minimum Gasteiger partial charge on any atom is -0.383 e. The van der Waals surface area contributed by atoms with Crippen LogP contribution in [0.1, 0.15) is 35.5 Å². The first-order valence-electron chi connectivity index (χ1n) is 9.03. The average molecular weight is 398 g/mol. The standard InChI is InChI=1S/C18H19N7S2/c1-25-16-11(7-22-25)17(21-9-20-16)26-8-13-23-15(19)14-10-5-3-2-4-6-12(10)27-18(14)24-13/h7,9H,2-6,8H2,1H3,(H2,19,23,24). The van der Waals surface area contributed by atoms with Gasteiger partial charge in [-0.1, -0.05) is 18.2 Å². The minimum atomic E-state index is 0.615. The summed E-state index contributed by atoms with van der Waals surface area (Å²) in [5, 5.41) is 7.18. The summed E-state index contributed by atoms with van der Waals surface area (Å²) in [7, 11) is 1.88. The maximum atomic E-state index is 6.35. The second-order valence-corrected chi connectivity index (χ2v) is 8.79. The van der Waals surface area contributed by atoms with Gasteiger partial charge in [0.2, 0.25) is 0 Å². The minimum absolute atomic E-state index is 0.615. The summed E-state index contributed by atoms with van der Waals surface area (Å²) in [4.78, 5) is 20.6. The molecule has 0 bridgehead atoms. The van der Waals surface area contributed by atoms with E-state index in [1.165, 1.54) is 29.7 Å². The molecular formula is C18H19N7S2. The first kappa shape index (κ1) is 16.9. The van der Waals surface area contributed by atoms with Crippen LogP contribution in [0.5, 0.6) is 0 Å². The van der Waals surface area contributed by atoms with E-state index >= 15 is 0 Å². The first-order valence-corrected chi connectivity index (χ1v) is 10.8. The second-order valence-electron chi connectivity index (χ2n) is 6.74. The molecule has 27 heavy (non-hydrogen) atoms. The Bertz CT molecular complexity index is 1150. The molecule has 0 radical (unpaired) electrons. The van der Waals surface area contributed by atoms with Crippen molar-refractivity contribution in [1.82, 2.24) is 29.7 Å². The van der Waals surface area contributed by atoms with Gasteiger partial charge in [0.15, 0.2) is 5.65 Å². The number of nitrogen functional groups attached to an aromatic ring is 1. The Kier molecular flexibility index (Phi) is 4.20. The van der Waals surface area contributed by atoms with Crippen LogP contribution in [-0.4, -0.2) is 29.7 Å². The normalized spacial score (nSPS) is 14.6. The van der Waals surface area contributed by atoms with Crippen molar-refractivity contribution in [2.45, 2.75) is 42.9 Å². The van der Waals surface area contributed by atoms with Crippen molar-refractivity contribution in [2.24, 2.45) is 7.05 Å². The lowest BCUT2D eigenvalue weighted by Gasteiger charge is -2.05. The largest absolute Gasteiger partial charge is 0.383 e. The number of anilines is 1. The summed E-state index contributed by atoms with van der Waals surface area (Å²) in [5.41, 5.74) is 8.56. The van der Waals surface area contributed by atoms with E-state index in [4.69, 9.17) is 10.7 Å². The molecule has 0 aromatic carbocycles. The van der Waals surface area contributed by atoms with Crippen LogP contribution < -0.4 is 5.73 Å². The second kappa shape index (κ2) is 6.72. The molecule has 0 aliphatic heterocycles. The average Bonchev–Trinajstić information content (AvgIpc) is 3.13. The predicted molar refractivity (Wildman–Crippen MR) is 109 cm³/mol. The van der Waals surface area contributed by atoms with Gasteiger partial charge >= 0.3 is 0 Å². The Balaban J connectivity index is 1.47. The monoisotopic (exact) mass is 397 g/mol. The lowest BCUT2D eigenvalue weighted by atomic mass is 10.1. The fourth-order valence-corrected chi connectivity index (χ4v) is 5.77. The first-order chi connectivity index (χ1) is 13.2. The zero-order chi connectivity index (χ0) is 18.4. The van der Waals surface area contributed by atoms with Crippen LogP contribution in [0.3, 0.4) is 0 Å². The summed E-state index contributed by atoms with van der Waals surface area (Å²) in [5.74, 6) is 1.98. The van der Waals surface area contributed by atoms with Crippen LogP contribution in [0.25, 0.3) is 21.3 Å². The molecule has 2 N–H and O–H groups in total. The van der Waals surface area contributed by atoms with E-state index in [9.17, 15) is 0 Å². The molecule has 138 valence electrons. The number of thiophene rings is 1. The number of nitrogens with zero attached hydrogens (tertiary/aromatic N) is 6. The molecule has 7 nitrogen and oxygen atoms in total. The molecule has 9 heteroatoms. The number of hydrogen-bond donors (Lipinski definition) is 1. The number of aryl methyl sites for hydroxylation is 3. The summed E-state index contributed by atoms with van der Waals surface area (Å²) in [6.45, 7) is 0. The molecule has 0 unspecified atom stereocenters. The van der Waals surface area contributed by atoms with E-state index in [1.54, 1.807) is 40.3 Å². The Morgan fingerprint density at radius 1 is 1.19 bits per heavy atom. The molecule has 4 aromatic rings. The van der Waals surface area contributed by atoms with Gasteiger partial charge in [0.05, 0.1) is 22.7 Å². The Morgan fingerprint density at radius 2 is 2.07 bits per heavy atom. The molecule has 0 saturated heterocycles. The Morgan fingerprint density at radius 3 is 3.00 bits per heavy atom. The van der Waals surface area contributed by atoms with Crippen molar-refractivity contribution in [3.8, 4) is 0 Å². The number of aromatic nitrogens is 6. The van der Waals surface area contributed by atoms with Gasteiger partial charge in [-0.3, -0.25) is 4.68 Å². The topological polar surface area (TPSA) is 95.4 Å². The molecule has 0 fully saturated rings. The Hall–Kier alpha value is -2.26. The SMILES string of the molecule is Cn1ncc2c(SCc3nc(N)c4c5c(sc4n3)CCCCC5)ncnc21. The number of fused-ring (bicyclic) bond motifs is 4. The van der Waals surface area contributed by atoms with Crippen molar-refractivity contribution >= 4 is 50.2 Å². The van der Waals surface area contributed by atoms with Crippen molar-refractivity contribution in [3.05, 3.63) is 28.8 Å². The van der Waals surface area contributed by atoms with Gasteiger partial charge < -0.3 is 5.73 Å². The molecule has 1 aliphatic carbocycles. The van der Waals surface area contributed by atoms with Gasteiger partial charge in [-0.15, -0.1) is 11.3 Å². The van der Waals surface area contributed by atoms with Crippen LogP contribution >= 0.6 is 23.1 Å². The molecule has 5 rings (SSSR count). The van der Waals surface area contributed by atoms with Gasteiger partial charge in [0.25, 0.3) is 0 Å². The van der Waals surface area contributed by atoms with Gasteiger partial charge in [-0.25, -0.2) is 19.9 Å². The highest BCUT2D eigenvalue weighted by molar-refractivity contribution is 7.98. The molecule has 0 spiro atoms. The van der Waals surface area contributed by atoms with E-state index in [2.05, 4.69) is 20.1 Å². The highest BCUT2D eigenvalue weighted by Crippen LogP contribution is 2.37. The van der Waals surface area contributed by atoms with E-state index in [0.717, 1.165) is 44.9 Å². The quantitative estimate of drug-likeness (QED) is 0.321. The Labute approximate surface area is 164 Å². The van der Waals surface area contributed by atoms with Crippen molar-refractivity contribution < 1.29 is 0 Å². The lowest BCUT2D eigenvalue weighted by molar-refractivity contribution is 0.713. The molecular weight excluding hydrogens is 378 g/mol. The predicted octanol–water partition coefficient (Wildman–Crippen LogP) is 3.51. The number of thioether (sulfide) groups is 1. The summed E-state index contributed by atoms with van der Waals surface area (Å²) < 4.78 is 1.75. The molecule has 0 atom stereocenters. The number of rotatable bonds is 3. The molecule has 4 heterocycles. The summed E-state index contributed by atoms with van der Waals surface area (Å²) >= 11 is 3.38. The number of hydrogen-bond acceptors (Lipinski definition) is 8. The van der Waals surface area contributed by atoms with E-state index in [0.29, 0.717) is 11.6 Å². The van der Waals surface area contributed by atoms with E-state index in [-0.39, 0.29) is 0 Å². The summed E-state index contributed by atoms with van der Waals surface area (Å²) in [6, 6.07) is 0. The van der Waals surface area contributed by atoms with Crippen LogP contribution in [0, 0.1) is 0 Å². The van der Waals surface area contributed by atoms with Gasteiger partial charge in [-0.05, 0) is 31.2 Å². The summed E-state index contributed by atoms with van der Waals surface area (Å²) in [6.07, 6.45) is 9.37. The highest BCUT2D eigenvalue weighted by atomic mass is 32.2. The van der Waals surface area contributed by atoms with Crippen LogP contribution in [0.2, 0.25) is 0 Å². The zero-order valence-electron chi connectivity index (χ0n) is 15.0.